The van der Waals surface area contributed by atoms with Crippen molar-refractivity contribution in [3.63, 3.8) is 0 Å². The average molecular weight is 844 g/mol. The summed E-state index contributed by atoms with van der Waals surface area (Å²) < 4.78 is 20.5. The van der Waals surface area contributed by atoms with E-state index in [2.05, 4.69) is 59.1 Å². The first kappa shape index (κ1) is 40.7. The number of fused-ring (bicyclic) bond motifs is 2. The maximum atomic E-state index is 15.7. The molecule has 62 heavy (non-hydrogen) atoms. The van der Waals surface area contributed by atoms with E-state index in [-0.39, 0.29) is 36.8 Å². The summed E-state index contributed by atoms with van der Waals surface area (Å²) in [7, 11) is 1.78. The molecule has 0 atom stereocenters. The van der Waals surface area contributed by atoms with Gasteiger partial charge in [-0.05, 0) is 81.1 Å². The smallest absolute Gasteiger partial charge is 0.329 e. The van der Waals surface area contributed by atoms with Gasteiger partial charge in [-0.1, -0.05) is 12.1 Å². The quantitative estimate of drug-likeness (QED) is 0.155. The predicted molar refractivity (Wildman–Crippen MR) is 236 cm³/mol. The second-order valence-electron chi connectivity index (χ2n) is 16.8. The molecule has 0 aliphatic carbocycles. The molecular weight excluding hydrogens is 794 g/mol. The number of piperazine rings is 1. The number of urea groups is 1. The number of amides is 3. The number of anilines is 5. The SMILES string of the molecule is C=CCn1c(=O)c2cnc(Nc3ccc(N4CCN(CC5CCN(c6cc7c(cc6F)c(N6CCC(=O)NC6=O)nn7C)CC5)CC4)cc3)nc2n1-c1cccc(C(C)(C)O)n1. The first-order valence-electron chi connectivity index (χ1n) is 21.0. The fraction of sp³-hybridized carbons (Fsp3) is 0.386. The lowest BCUT2D eigenvalue weighted by Crippen LogP contribution is -2.49. The molecule has 3 aliphatic heterocycles. The Morgan fingerprint density at radius 2 is 1.71 bits per heavy atom. The van der Waals surface area contributed by atoms with E-state index in [1.54, 1.807) is 54.5 Å². The standard InChI is InChI=1S/C44H50FN13O4/c1-5-16-57-41(60)32-26-46-42(50-39(32)58(57)37-8-6-7-36(48-37)44(2,3)62)47-29-9-11-30(12-10-29)54-22-20-53(21-23-54)27-28-13-17-55(18-14-28)35-25-34-31(24-33(35)45)40(51-52(34)4)56-19-15-38(59)49-43(56)61/h5-12,24-26,28,62H,1,13-23,27H2,2-4H3,(H,46,47,50)(H,49,59,61). The first-order valence-corrected chi connectivity index (χ1v) is 21.0. The Balaban J connectivity index is 0.797. The number of carbonyl (C=O) groups is 2. The van der Waals surface area contributed by atoms with Gasteiger partial charge < -0.3 is 20.2 Å². The number of nitrogens with zero attached hydrogens (tertiary/aromatic N) is 11. The van der Waals surface area contributed by atoms with Crippen LogP contribution >= 0.6 is 0 Å². The third-order valence-corrected chi connectivity index (χ3v) is 12.1. The van der Waals surface area contributed by atoms with Gasteiger partial charge in [-0.2, -0.15) is 10.1 Å². The summed E-state index contributed by atoms with van der Waals surface area (Å²) in [5.74, 6) is 0.955. The molecule has 18 heteroatoms. The lowest BCUT2D eigenvalue weighted by atomic mass is 9.95. The highest BCUT2D eigenvalue weighted by atomic mass is 19.1. The van der Waals surface area contributed by atoms with Gasteiger partial charge in [0.05, 0.1) is 23.4 Å². The Bertz CT molecular complexity index is 2740. The number of imide groups is 1. The average Bonchev–Trinajstić information content (AvgIpc) is 3.72. The molecule has 3 fully saturated rings. The minimum Gasteiger partial charge on any atom is -0.384 e. The van der Waals surface area contributed by atoms with Gasteiger partial charge in [-0.25, -0.2) is 28.5 Å². The molecule has 17 nitrogen and oxygen atoms in total. The van der Waals surface area contributed by atoms with E-state index in [4.69, 9.17) is 4.98 Å². The molecule has 9 rings (SSSR count). The van der Waals surface area contributed by atoms with Crippen molar-refractivity contribution in [3.05, 3.63) is 95.3 Å². The molecule has 0 radical (unpaired) electrons. The molecule has 0 saturated carbocycles. The van der Waals surface area contributed by atoms with Crippen LogP contribution in [0.3, 0.4) is 0 Å². The second-order valence-corrected chi connectivity index (χ2v) is 16.8. The van der Waals surface area contributed by atoms with Crippen molar-refractivity contribution in [3.8, 4) is 5.82 Å². The lowest BCUT2D eigenvalue weighted by molar-refractivity contribution is -0.120. The molecule has 322 valence electrons. The van der Waals surface area contributed by atoms with Crippen LogP contribution in [0.1, 0.15) is 38.8 Å². The molecule has 0 unspecified atom stereocenters. The topological polar surface area (TPSA) is 175 Å². The number of hydrogen-bond donors (Lipinski definition) is 3. The maximum absolute atomic E-state index is 15.7. The molecule has 4 aromatic heterocycles. The third kappa shape index (κ3) is 7.86. The van der Waals surface area contributed by atoms with Gasteiger partial charge in [0.1, 0.15) is 16.8 Å². The fourth-order valence-corrected chi connectivity index (χ4v) is 8.74. The molecule has 3 saturated heterocycles. The molecule has 3 aliphatic rings. The number of allylic oxidation sites excluding steroid dienone is 1. The van der Waals surface area contributed by atoms with Crippen LogP contribution in [0.4, 0.5) is 38.0 Å². The molecule has 3 N–H and O–H groups in total. The highest BCUT2D eigenvalue weighted by Gasteiger charge is 2.31. The lowest BCUT2D eigenvalue weighted by Gasteiger charge is -2.40. The molecular formula is C44H50FN13O4. The Hall–Kier alpha value is -6.66. The maximum Gasteiger partial charge on any atom is 0.329 e. The van der Waals surface area contributed by atoms with E-state index in [1.807, 2.05) is 18.2 Å². The zero-order chi connectivity index (χ0) is 43.3. The zero-order valence-electron chi connectivity index (χ0n) is 35.1. The molecule has 0 bridgehead atoms. The van der Waals surface area contributed by atoms with Crippen molar-refractivity contribution >= 4 is 62.7 Å². The molecule has 0 spiro atoms. The van der Waals surface area contributed by atoms with E-state index in [0.29, 0.717) is 51.3 Å². The van der Waals surface area contributed by atoms with Crippen LogP contribution in [0.25, 0.3) is 27.8 Å². The summed E-state index contributed by atoms with van der Waals surface area (Å²) in [5.41, 5.74) is 2.59. The van der Waals surface area contributed by atoms with Crippen LogP contribution in [0.15, 0.2) is 78.2 Å². The highest BCUT2D eigenvalue weighted by molar-refractivity contribution is 6.09. The van der Waals surface area contributed by atoms with Gasteiger partial charge in [0.15, 0.2) is 17.3 Å². The van der Waals surface area contributed by atoms with E-state index >= 15 is 4.39 Å². The number of halogens is 1. The minimum atomic E-state index is -1.18. The van der Waals surface area contributed by atoms with E-state index in [0.717, 1.165) is 75.5 Å². The van der Waals surface area contributed by atoms with Crippen molar-refractivity contribution in [2.75, 3.05) is 72.4 Å². The number of hydrogen-bond acceptors (Lipinski definition) is 12. The highest BCUT2D eigenvalue weighted by Crippen LogP contribution is 2.35. The minimum absolute atomic E-state index is 0.168. The Morgan fingerprint density at radius 1 is 0.952 bits per heavy atom. The van der Waals surface area contributed by atoms with Gasteiger partial charge in [-0.15, -0.1) is 6.58 Å². The van der Waals surface area contributed by atoms with Crippen LogP contribution in [-0.2, 0) is 24.0 Å². The summed E-state index contributed by atoms with van der Waals surface area (Å²) in [6.45, 7) is 13.8. The van der Waals surface area contributed by atoms with Crippen molar-refractivity contribution in [1.82, 2.24) is 44.3 Å². The fourth-order valence-electron chi connectivity index (χ4n) is 8.74. The normalized spacial score (nSPS) is 17.0. The van der Waals surface area contributed by atoms with E-state index in [9.17, 15) is 19.5 Å². The Labute approximate surface area is 357 Å². The van der Waals surface area contributed by atoms with Crippen LogP contribution < -0.4 is 30.9 Å². The largest absolute Gasteiger partial charge is 0.384 e. The number of rotatable bonds is 11. The van der Waals surface area contributed by atoms with Gasteiger partial charge >= 0.3 is 6.03 Å². The molecule has 2 aromatic carbocycles. The van der Waals surface area contributed by atoms with Crippen LogP contribution in [0, 0.1) is 11.7 Å². The number of aryl methyl sites for hydroxylation is 1. The molecule has 3 amide bonds. The third-order valence-electron chi connectivity index (χ3n) is 12.1. The van der Waals surface area contributed by atoms with Gasteiger partial charge in [0.2, 0.25) is 11.9 Å². The summed E-state index contributed by atoms with van der Waals surface area (Å²) in [4.78, 5) is 59.9. The van der Waals surface area contributed by atoms with E-state index in [1.165, 1.54) is 21.8 Å². The van der Waals surface area contributed by atoms with Crippen molar-refractivity contribution in [2.45, 2.75) is 45.3 Å². The number of nitrogens with one attached hydrogen (secondary N) is 2. The summed E-state index contributed by atoms with van der Waals surface area (Å²) >= 11 is 0. The van der Waals surface area contributed by atoms with Gasteiger partial charge in [0.25, 0.3) is 5.56 Å². The van der Waals surface area contributed by atoms with Gasteiger partial charge in [0, 0.05) is 88.8 Å². The van der Waals surface area contributed by atoms with Gasteiger partial charge in [-0.3, -0.25) is 29.4 Å². The molecule has 7 heterocycles. The number of aliphatic hydroxyl groups is 1. The van der Waals surface area contributed by atoms with Crippen LogP contribution in [0.2, 0.25) is 0 Å². The van der Waals surface area contributed by atoms with Crippen LogP contribution in [0.5, 0.6) is 0 Å². The number of benzene rings is 2. The Morgan fingerprint density at radius 3 is 2.42 bits per heavy atom. The van der Waals surface area contributed by atoms with Crippen LogP contribution in [-0.4, -0.2) is 108 Å². The molecule has 6 aromatic rings. The summed E-state index contributed by atoms with van der Waals surface area (Å²) in [6.07, 6.45) is 5.25. The second kappa shape index (κ2) is 16.3. The zero-order valence-corrected chi connectivity index (χ0v) is 35.1. The van der Waals surface area contributed by atoms with Crippen molar-refractivity contribution in [2.24, 2.45) is 13.0 Å². The van der Waals surface area contributed by atoms with Crippen molar-refractivity contribution < 1.29 is 19.1 Å². The number of carbonyl (C=O) groups excluding carboxylic acids is 2. The number of pyridine rings is 1. The summed E-state index contributed by atoms with van der Waals surface area (Å²) in [6, 6.07) is 16.2. The monoisotopic (exact) mass is 843 g/mol. The Kier molecular flexibility index (Phi) is 10.7. The van der Waals surface area contributed by atoms with E-state index < -0.39 is 11.6 Å². The first-order chi connectivity index (χ1) is 29.8. The number of piperidine rings is 1. The summed E-state index contributed by atoms with van der Waals surface area (Å²) in [5, 5.41) is 21.6. The predicted octanol–water partition coefficient (Wildman–Crippen LogP) is 4.64. The number of aromatic nitrogens is 7. The van der Waals surface area contributed by atoms with Crippen molar-refractivity contribution in [1.29, 1.82) is 0 Å².